The van der Waals surface area contributed by atoms with Crippen LogP contribution >= 0.6 is 11.6 Å². The number of aromatic nitrogens is 5. The molecular weight excluding hydrogens is 495 g/mol. The minimum absolute atomic E-state index is 0.0441. The van der Waals surface area contributed by atoms with Crippen LogP contribution in [-0.2, 0) is 11.0 Å². The molecule has 5 rings (SSSR count). The molecule has 0 amide bonds. The van der Waals surface area contributed by atoms with E-state index in [2.05, 4.69) is 51.7 Å². The number of hydrogen-bond acceptors (Lipinski definition) is 6. The van der Waals surface area contributed by atoms with Crippen molar-refractivity contribution in [3.63, 3.8) is 0 Å². The molecule has 1 atom stereocenters. The van der Waals surface area contributed by atoms with Crippen LogP contribution < -0.4 is 10.6 Å². The van der Waals surface area contributed by atoms with E-state index in [1.54, 1.807) is 29.1 Å². The average Bonchev–Trinajstić information content (AvgIpc) is 3.49. The Labute approximate surface area is 220 Å². The first-order valence-electron chi connectivity index (χ1n) is 12.2. The second-order valence-electron chi connectivity index (χ2n) is 11.2. The summed E-state index contributed by atoms with van der Waals surface area (Å²) in [5.41, 5.74) is 1.16. The average molecular weight is 524 g/mol. The fraction of sp³-hybridized carbons (Fsp3) is 0.385. The molecule has 0 radical (unpaired) electrons. The Bertz CT molecular complexity index is 1430. The number of nitrogens with one attached hydrogen (secondary N) is 2. The van der Waals surface area contributed by atoms with Gasteiger partial charge >= 0.3 is 0 Å². The van der Waals surface area contributed by atoms with E-state index in [4.69, 9.17) is 11.6 Å². The van der Waals surface area contributed by atoms with Crippen molar-refractivity contribution >= 4 is 41.9 Å². The molecule has 2 heterocycles. The van der Waals surface area contributed by atoms with Gasteiger partial charge in [0.05, 0.1) is 27.7 Å². The van der Waals surface area contributed by atoms with E-state index in [9.17, 15) is 8.78 Å². The molecule has 1 aliphatic rings. The highest BCUT2D eigenvalue weighted by Crippen LogP contribution is 2.44. The summed E-state index contributed by atoms with van der Waals surface area (Å²) < 4.78 is 29.2. The fourth-order valence-electron chi connectivity index (χ4n) is 4.34. The Morgan fingerprint density at radius 3 is 2.51 bits per heavy atom. The number of nitrogens with zero attached hydrogens (tertiary/aromatic N) is 5. The molecule has 7 nitrogen and oxygen atoms in total. The molecule has 2 aromatic heterocycles. The van der Waals surface area contributed by atoms with Gasteiger partial charge in [-0.25, -0.2) is 23.4 Å². The predicted molar refractivity (Wildman–Crippen MR) is 145 cm³/mol. The van der Waals surface area contributed by atoms with E-state index < -0.39 is 17.7 Å². The van der Waals surface area contributed by atoms with Gasteiger partial charge in [0.2, 0.25) is 0 Å². The quantitative estimate of drug-likeness (QED) is 0.321. The summed E-state index contributed by atoms with van der Waals surface area (Å²) in [5, 5.41) is 16.8. The summed E-state index contributed by atoms with van der Waals surface area (Å²) in [5.74, 6) is 0.336. The maximum atomic E-state index is 13.8. The summed E-state index contributed by atoms with van der Waals surface area (Å²) in [6.07, 6.45) is 4.70. The SMILES string of the molecule is BC(Nc1cc(Cl)c2ncnc(NCC(C)(C)C)c2c1)(c1ccc(F)cc1)c1cn(C2(CF)CC2)nn1. The first-order valence-corrected chi connectivity index (χ1v) is 12.6. The second kappa shape index (κ2) is 9.24. The van der Waals surface area contributed by atoms with E-state index in [1.807, 2.05) is 13.9 Å². The Morgan fingerprint density at radius 2 is 1.86 bits per heavy atom. The van der Waals surface area contributed by atoms with Crippen molar-refractivity contribution in [3.8, 4) is 0 Å². The van der Waals surface area contributed by atoms with Crippen LogP contribution in [0.25, 0.3) is 10.9 Å². The van der Waals surface area contributed by atoms with Gasteiger partial charge in [-0.3, -0.25) is 0 Å². The highest BCUT2D eigenvalue weighted by Gasteiger charge is 2.47. The van der Waals surface area contributed by atoms with Crippen molar-refractivity contribution in [1.82, 2.24) is 25.0 Å². The highest BCUT2D eigenvalue weighted by atomic mass is 35.5. The van der Waals surface area contributed by atoms with Crippen LogP contribution in [-0.4, -0.2) is 46.0 Å². The van der Waals surface area contributed by atoms with E-state index in [1.165, 1.54) is 18.5 Å². The zero-order valence-corrected chi connectivity index (χ0v) is 22.1. The third kappa shape index (κ3) is 4.99. The lowest BCUT2D eigenvalue weighted by molar-refractivity contribution is 0.309. The van der Waals surface area contributed by atoms with Crippen LogP contribution in [0.2, 0.25) is 5.02 Å². The topological polar surface area (TPSA) is 80.5 Å². The zero-order valence-electron chi connectivity index (χ0n) is 21.3. The van der Waals surface area contributed by atoms with Gasteiger partial charge in [-0.1, -0.05) is 49.7 Å². The van der Waals surface area contributed by atoms with Gasteiger partial charge in [0.25, 0.3) is 0 Å². The first-order chi connectivity index (χ1) is 17.5. The third-order valence-electron chi connectivity index (χ3n) is 6.86. The van der Waals surface area contributed by atoms with Crippen LogP contribution in [0, 0.1) is 11.2 Å². The molecule has 0 saturated heterocycles. The Kier molecular flexibility index (Phi) is 6.34. The highest BCUT2D eigenvalue weighted by molar-refractivity contribution is 6.35. The molecule has 4 aromatic rings. The minimum Gasteiger partial charge on any atom is -0.378 e. The fourth-order valence-corrected chi connectivity index (χ4v) is 4.60. The molecular formula is C26H29BClF2N7. The van der Waals surface area contributed by atoms with Crippen molar-refractivity contribution in [1.29, 1.82) is 0 Å². The molecule has 0 bridgehead atoms. The van der Waals surface area contributed by atoms with Gasteiger partial charge in [-0.15, -0.1) is 5.10 Å². The van der Waals surface area contributed by atoms with E-state index in [0.29, 0.717) is 34.3 Å². The van der Waals surface area contributed by atoms with E-state index >= 15 is 0 Å². The molecule has 1 aliphatic carbocycles. The first kappa shape index (κ1) is 25.4. The second-order valence-corrected chi connectivity index (χ2v) is 11.6. The van der Waals surface area contributed by atoms with Gasteiger partial charge in [0, 0.05) is 17.6 Å². The van der Waals surface area contributed by atoms with E-state index in [0.717, 1.165) is 23.8 Å². The molecule has 1 unspecified atom stereocenters. The van der Waals surface area contributed by atoms with Crippen LogP contribution in [0.5, 0.6) is 0 Å². The molecule has 11 heteroatoms. The van der Waals surface area contributed by atoms with Crippen LogP contribution in [0.4, 0.5) is 20.3 Å². The van der Waals surface area contributed by atoms with Crippen molar-refractivity contribution in [3.05, 3.63) is 71.0 Å². The number of rotatable bonds is 8. The van der Waals surface area contributed by atoms with Gasteiger partial charge in [0.15, 0.2) is 0 Å². The number of benzene rings is 2. The number of halogens is 3. The molecule has 37 heavy (non-hydrogen) atoms. The lowest BCUT2D eigenvalue weighted by Gasteiger charge is -2.31. The van der Waals surface area contributed by atoms with Gasteiger partial charge in [-0.05, 0) is 48.1 Å². The lowest BCUT2D eigenvalue weighted by Crippen LogP contribution is -2.38. The lowest BCUT2D eigenvalue weighted by atomic mass is 9.69. The van der Waals surface area contributed by atoms with Gasteiger partial charge in [0.1, 0.15) is 38.2 Å². The molecule has 192 valence electrons. The van der Waals surface area contributed by atoms with Gasteiger partial charge < -0.3 is 10.6 Å². The summed E-state index contributed by atoms with van der Waals surface area (Å²) >= 11 is 6.68. The molecule has 1 fully saturated rings. The van der Waals surface area contributed by atoms with Gasteiger partial charge in [-0.2, -0.15) is 0 Å². The van der Waals surface area contributed by atoms with Crippen LogP contribution in [0.3, 0.4) is 0 Å². The predicted octanol–water partition coefficient (Wildman–Crippen LogP) is 4.88. The summed E-state index contributed by atoms with van der Waals surface area (Å²) in [6.45, 7) is 6.63. The summed E-state index contributed by atoms with van der Waals surface area (Å²) in [7, 11) is 1.93. The van der Waals surface area contributed by atoms with Crippen molar-refractivity contribution < 1.29 is 8.78 Å². The van der Waals surface area contributed by atoms with Crippen LogP contribution in [0.1, 0.15) is 44.9 Å². The Balaban J connectivity index is 1.58. The monoisotopic (exact) mass is 523 g/mol. The van der Waals surface area contributed by atoms with E-state index in [-0.39, 0.29) is 11.2 Å². The maximum Gasteiger partial charge on any atom is 0.148 e. The molecule has 2 N–H and O–H groups in total. The molecule has 1 saturated carbocycles. The molecule has 0 aliphatic heterocycles. The van der Waals surface area contributed by atoms with Crippen molar-refractivity contribution in [2.45, 2.75) is 44.6 Å². The zero-order chi connectivity index (χ0) is 26.4. The maximum absolute atomic E-state index is 13.8. The largest absolute Gasteiger partial charge is 0.378 e. The normalized spacial score (nSPS) is 16.4. The number of alkyl halides is 1. The van der Waals surface area contributed by atoms with Crippen LogP contribution in [0.15, 0.2) is 48.9 Å². The standard InChI is InChI=1S/C26H29BClF2N7/c1-24(2,3)14-31-23-19-10-18(11-20(28)22(19)32-15-33-23)34-26(27,16-4-6-17(30)7-5-16)21-12-37(36-35-21)25(13-29)8-9-25/h4-7,10-12,15,34H,8-9,13-14,27H2,1-3H3,(H,31,32,33). The third-order valence-corrected chi connectivity index (χ3v) is 7.15. The minimum atomic E-state index is -0.927. The van der Waals surface area contributed by atoms with Crippen molar-refractivity contribution in [2.75, 3.05) is 23.9 Å². The summed E-state index contributed by atoms with van der Waals surface area (Å²) in [4.78, 5) is 8.83. The number of anilines is 2. The molecule has 0 spiro atoms. The van der Waals surface area contributed by atoms with Crippen molar-refractivity contribution in [2.24, 2.45) is 5.41 Å². The number of hydrogen-bond donors (Lipinski definition) is 2. The Hall–Kier alpha value is -3.27. The smallest absolute Gasteiger partial charge is 0.148 e. The Morgan fingerprint density at radius 1 is 1.14 bits per heavy atom. The summed E-state index contributed by atoms with van der Waals surface area (Å²) in [6, 6.07) is 9.93. The molecule has 2 aromatic carbocycles. The number of fused-ring (bicyclic) bond motifs is 1.